The summed E-state index contributed by atoms with van der Waals surface area (Å²) >= 11 is 6.13. The Hall–Kier alpha value is -1.42. The van der Waals surface area contributed by atoms with Crippen molar-refractivity contribution in [1.29, 1.82) is 0 Å². The van der Waals surface area contributed by atoms with Gasteiger partial charge in [0.1, 0.15) is 0 Å². The molecule has 1 aliphatic carbocycles. The van der Waals surface area contributed by atoms with Crippen LogP contribution in [0.2, 0.25) is 5.02 Å². The molecular formula is C13H15ClO4. The molecule has 0 aromatic heterocycles. The van der Waals surface area contributed by atoms with E-state index in [1.165, 1.54) is 14.2 Å². The molecule has 0 unspecified atom stereocenters. The van der Waals surface area contributed by atoms with E-state index in [4.69, 9.17) is 21.1 Å². The highest BCUT2D eigenvalue weighted by atomic mass is 35.5. The van der Waals surface area contributed by atoms with Crippen molar-refractivity contribution >= 4 is 17.6 Å². The van der Waals surface area contributed by atoms with Crippen molar-refractivity contribution in [2.45, 2.75) is 25.2 Å². The van der Waals surface area contributed by atoms with Crippen LogP contribution in [0, 0.1) is 6.92 Å². The Morgan fingerprint density at radius 3 is 2.28 bits per heavy atom. The molecule has 98 valence electrons. The van der Waals surface area contributed by atoms with Crippen molar-refractivity contribution in [2.75, 3.05) is 14.2 Å². The van der Waals surface area contributed by atoms with Crippen LogP contribution in [0.5, 0.6) is 11.5 Å². The third-order valence-electron chi connectivity index (χ3n) is 3.52. The molecule has 0 saturated heterocycles. The Labute approximate surface area is 110 Å². The minimum Gasteiger partial charge on any atom is -0.493 e. The fraction of sp³-hybridized carbons (Fsp3) is 0.462. The van der Waals surface area contributed by atoms with Crippen LogP contribution in [-0.4, -0.2) is 25.3 Å². The predicted molar refractivity (Wildman–Crippen MR) is 67.8 cm³/mol. The second-order valence-electron chi connectivity index (χ2n) is 4.48. The van der Waals surface area contributed by atoms with Crippen LogP contribution in [-0.2, 0) is 10.2 Å². The average molecular weight is 271 g/mol. The Morgan fingerprint density at radius 2 is 1.89 bits per heavy atom. The SMILES string of the molecule is COc1c(Cl)cc(C2(C(=O)O)CC2)c(C)c1OC. The number of ether oxygens (including phenoxy) is 2. The first-order valence-electron chi connectivity index (χ1n) is 5.63. The zero-order chi connectivity index (χ0) is 13.5. The summed E-state index contributed by atoms with van der Waals surface area (Å²) in [5.41, 5.74) is 0.698. The van der Waals surface area contributed by atoms with Gasteiger partial charge < -0.3 is 14.6 Å². The molecule has 1 N–H and O–H groups in total. The summed E-state index contributed by atoms with van der Waals surface area (Å²) < 4.78 is 10.5. The van der Waals surface area contributed by atoms with Crippen LogP contribution in [0.4, 0.5) is 0 Å². The molecule has 0 radical (unpaired) electrons. The molecule has 2 rings (SSSR count). The van der Waals surface area contributed by atoms with Crippen LogP contribution in [0.1, 0.15) is 24.0 Å². The lowest BCUT2D eigenvalue weighted by atomic mass is 9.91. The molecule has 1 aliphatic rings. The highest BCUT2D eigenvalue weighted by Gasteiger charge is 2.53. The molecule has 0 heterocycles. The number of aliphatic carboxylic acids is 1. The van der Waals surface area contributed by atoms with Crippen LogP contribution >= 0.6 is 11.6 Å². The van der Waals surface area contributed by atoms with Crippen LogP contribution in [0.3, 0.4) is 0 Å². The maximum atomic E-state index is 11.4. The molecule has 18 heavy (non-hydrogen) atoms. The van der Waals surface area contributed by atoms with Gasteiger partial charge in [-0.2, -0.15) is 0 Å². The quantitative estimate of drug-likeness (QED) is 0.914. The number of carboxylic acids is 1. The number of methoxy groups -OCH3 is 2. The third kappa shape index (κ3) is 1.72. The number of benzene rings is 1. The maximum Gasteiger partial charge on any atom is 0.314 e. The zero-order valence-electron chi connectivity index (χ0n) is 10.5. The Balaban J connectivity index is 2.64. The van der Waals surface area contributed by atoms with Crippen LogP contribution in [0.25, 0.3) is 0 Å². The second-order valence-corrected chi connectivity index (χ2v) is 4.89. The average Bonchev–Trinajstić information content (AvgIpc) is 3.12. The smallest absolute Gasteiger partial charge is 0.314 e. The standard InChI is InChI=1S/C13H15ClO4/c1-7-8(13(4-5-13)12(15)16)6-9(14)11(18-3)10(7)17-2/h6H,4-5H2,1-3H3,(H,15,16). The number of halogens is 1. The lowest BCUT2D eigenvalue weighted by Gasteiger charge is -2.19. The summed E-state index contributed by atoms with van der Waals surface area (Å²) in [7, 11) is 3.03. The highest BCUT2D eigenvalue weighted by Crippen LogP contribution is 2.53. The summed E-state index contributed by atoms with van der Waals surface area (Å²) in [6.07, 6.45) is 1.27. The Kier molecular flexibility index (Phi) is 3.15. The van der Waals surface area contributed by atoms with Crippen molar-refractivity contribution in [3.8, 4) is 11.5 Å². The molecule has 1 saturated carbocycles. The van der Waals surface area contributed by atoms with Crippen molar-refractivity contribution in [3.05, 3.63) is 22.2 Å². The van der Waals surface area contributed by atoms with Crippen molar-refractivity contribution in [1.82, 2.24) is 0 Å². The summed E-state index contributed by atoms with van der Waals surface area (Å²) in [6.45, 7) is 1.83. The monoisotopic (exact) mass is 270 g/mol. The fourth-order valence-electron chi connectivity index (χ4n) is 2.36. The normalized spacial score (nSPS) is 16.2. The minimum atomic E-state index is -0.811. The summed E-state index contributed by atoms with van der Waals surface area (Å²) in [6, 6.07) is 1.68. The van der Waals surface area contributed by atoms with Gasteiger partial charge >= 0.3 is 5.97 Å². The van der Waals surface area contributed by atoms with Gasteiger partial charge in [0, 0.05) is 0 Å². The largest absolute Gasteiger partial charge is 0.493 e. The van der Waals surface area contributed by atoms with Gasteiger partial charge in [0.15, 0.2) is 11.5 Å². The number of hydrogen-bond donors (Lipinski definition) is 1. The van der Waals surface area contributed by atoms with E-state index < -0.39 is 11.4 Å². The van der Waals surface area contributed by atoms with Gasteiger partial charge in [0.05, 0.1) is 24.7 Å². The van der Waals surface area contributed by atoms with Crippen molar-refractivity contribution < 1.29 is 19.4 Å². The molecular weight excluding hydrogens is 256 g/mol. The summed E-state index contributed by atoms with van der Waals surface area (Å²) in [5, 5.41) is 9.72. The van der Waals surface area contributed by atoms with Gasteiger partial charge in [-0.05, 0) is 37.0 Å². The van der Waals surface area contributed by atoms with E-state index in [1.807, 2.05) is 6.92 Å². The minimum absolute atomic E-state index is 0.377. The Morgan fingerprint density at radius 1 is 1.33 bits per heavy atom. The van der Waals surface area contributed by atoms with E-state index >= 15 is 0 Å². The highest BCUT2D eigenvalue weighted by molar-refractivity contribution is 6.32. The zero-order valence-corrected chi connectivity index (χ0v) is 11.3. The van der Waals surface area contributed by atoms with Gasteiger partial charge in [0.25, 0.3) is 0 Å². The number of rotatable bonds is 4. The lowest BCUT2D eigenvalue weighted by molar-refractivity contribution is -0.140. The summed E-state index contributed by atoms with van der Waals surface area (Å²) in [4.78, 5) is 11.4. The van der Waals surface area contributed by atoms with Gasteiger partial charge in [0.2, 0.25) is 0 Å². The topological polar surface area (TPSA) is 55.8 Å². The summed E-state index contributed by atoms with van der Waals surface area (Å²) in [5.74, 6) is 0.142. The molecule has 1 aromatic rings. The van der Waals surface area contributed by atoms with E-state index in [0.717, 1.165) is 11.1 Å². The van der Waals surface area contributed by atoms with Crippen molar-refractivity contribution in [3.63, 3.8) is 0 Å². The fourth-order valence-corrected chi connectivity index (χ4v) is 2.63. The predicted octanol–water partition coefficient (Wildman–Crippen LogP) is 2.78. The molecule has 5 heteroatoms. The molecule has 0 aliphatic heterocycles. The molecule has 4 nitrogen and oxygen atoms in total. The first-order chi connectivity index (χ1) is 8.47. The van der Waals surface area contributed by atoms with Gasteiger partial charge in [-0.1, -0.05) is 11.6 Å². The van der Waals surface area contributed by atoms with E-state index in [-0.39, 0.29) is 0 Å². The van der Waals surface area contributed by atoms with E-state index in [0.29, 0.717) is 29.4 Å². The molecule has 0 spiro atoms. The molecule has 0 amide bonds. The first kappa shape index (κ1) is 13.0. The molecule has 1 fully saturated rings. The second kappa shape index (κ2) is 4.35. The van der Waals surface area contributed by atoms with Gasteiger partial charge in [-0.15, -0.1) is 0 Å². The van der Waals surface area contributed by atoms with Crippen molar-refractivity contribution in [2.24, 2.45) is 0 Å². The molecule has 0 atom stereocenters. The lowest BCUT2D eigenvalue weighted by Crippen LogP contribution is -2.21. The molecule has 1 aromatic carbocycles. The van der Waals surface area contributed by atoms with Crippen LogP contribution < -0.4 is 9.47 Å². The number of carbonyl (C=O) groups is 1. The first-order valence-corrected chi connectivity index (χ1v) is 6.00. The van der Waals surface area contributed by atoms with Gasteiger partial charge in [-0.3, -0.25) is 4.79 Å². The third-order valence-corrected chi connectivity index (χ3v) is 3.80. The maximum absolute atomic E-state index is 11.4. The van der Waals surface area contributed by atoms with E-state index in [1.54, 1.807) is 6.07 Å². The van der Waals surface area contributed by atoms with Crippen LogP contribution in [0.15, 0.2) is 6.07 Å². The Bertz CT molecular complexity index is 506. The van der Waals surface area contributed by atoms with E-state index in [9.17, 15) is 9.90 Å². The number of carboxylic acid groups (broad SMARTS) is 1. The van der Waals surface area contributed by atoms with E-state index in [2.05, 4.69) is 0 Å². The number of hydrogen-bond acceptors (Lipinski definition) is 3. The molecule has 0 bridgehead atoms. The van der Waals surface area contributed by atoms with Gasteiger partial charge in [-0.25, -0.2) is 0 Å².